The number of benzene rings is 1. The average Bonchev–Trinajstić information content (AvgIpc) is 2.41. The van der Waals surface area contributed by atoms with Crippen molar-refractivity contribution in [1.82, 2.24) is 5.32 Å². The van der Waals surface area contributed by atoms with Gasteiger partial charge in [0.25, 0.3) is 0 Å². The lowest BCUT2D eigenvalue weighted by atomic mass is 9.94. The number of allylic oxidation sites excluding steroid dienone is 2. The number of hydrogen-bond acceptors (Lipinski definition) is 2. The van der Waals surface area contributed by atoms with Gasteiger partial charge < -0.3 is 11.1 Å². The lowest BCUT2D eigenvalue weighted by Gasteiger charge is -2.18. The molecule has 2 rings (SSSR count). The summed E-state index contributed by atoms with van der Waals surface area (Å²) < 4.78 is 13.7. The summed E-state index contributed by atoms with van der Waals surface area (Å²) in [5.74, 6) is -0.349. The number of rotatable bonds is 5. The van der Waals surface area contributed by atoms with E-state index in [4.69, 9.17) is 5.73 Å². The Kier molecular flexibility index (Phi) is 4.68. The van der Waals surface area contributed by atoms with Gasteiger partial charge in [0.15, 0.2) is 0 Å². The third kappa shape index (κ3) is 3.89. The molecule has 0 heterocycles. The van der Waals surface area contributed by atoms with Crippen LogP contribution in [-0.4, -0.2) is 12.5 Å². The Labute approximate surface area is 112 Å². The molecular weight excluding hydrogens is 243 g/mol. The fourth-order valence-electron chi connectivity index (χ4n) is 2.30. The molecule has 3 N–H and O–H groups in total. The maximum Gasteiger partial charge on any atom is 0.248 e. The first kappa shape index (κ1) is 13.7. The second-order valence-corrected chi connectivity index (χ2v) is 4.95. The number of carbonyl (C=O) groups excluding carboxylic acids is 1. The highest BCUT2D eigenvalue weighted by atomic mass is 19.1. The number of carbonyl (C=O) groups is 1. The smallest absolute Gasteiger partial charge is 0.248 e. The Morgan fingerprint density at radius 1 is 1.42 bits per heavy atom. The number of nitrogens with two attached hydrogens (primary N) is 1. The van der Waals surface area contributed by atoms with Crippen LogP contribution < -0.4 is 11.1 Å². The van der Waals surface area contributed by atoms with Crippen molar-refractivity contribution in [3.05, 3.63) is 47.3 Å². The van der Waals surface area contributed by atoms with E-state index in [0.717, 1.165) is 19.4 Å². The highest BCUT2D eigenvalue weighted by Crippen LogP contribution is 2.17. The van der Waals surface area contributed by atoms with Crippen LogP contribution in [0.1, 0.15) is 35.2 Å². The van der Waals surface area contributed by atoms with E-state index in [9.17, 15) is 9.18 Å². The molecule has 0 aliphatic heterocycles. The monoisotopic (exact) mass is 262 g/mol. The van der Waals surface area contributed by atoms with Crippen LogP contribution >= 0.6 is 0 Å². The summed E-state index contributed by atoms with van der Waals surface area (Å²) >= 11 is 0. The standard InChI is InChI=1S/C15H19FN2O/c16-14-8-12(15(17)19)6-7-13(14)10-18-9-11-4-2-1-3-5-11/h1-2,6-8,11,18H,3-5,9-10H2,(H2,17,19). The number of nitrogens with one attached hydrogen (secondary N) is 1. The van der Waals surface area contributed by atoms with Crippen LogP contribution in [0.2, 0.25) is 0 Å². The van der Waals surface area contributed by atoms with Crippen LogP contribution in [0.3, 0.4) is 0 Å². The molecule has 0 radical (unpaired) electrons. The molecule has 0 saturated heterocycles. The highest BCUT2D eigenvalue weighted by Gasteiger charge is 2.10. The van der Waals surface area contributed by atoms with Gasteiger partial charge in [-0.05, 0) is 43.9 Å². The van der Waals surface area contributed by atoms with Crippen molar-refractivity contribution in [2.24, 2.45) is 11.7 Å². The van der Waals surface area contributed by atoms with Crippen LogP contribution in [0.4, 0.5) is 4.39 Å². The predicted octanol–water partition coefficient (Wildman–Crippen LogP) is 2.37. The molecule has 4 heteroatoms. The molecule has 0 aromatic heterocycles. The molecule has 1 aromatic rings. The van der Waals surface area contributed by atoms with Gasteiger partial charge in [-0.2, -0.15) is 0 Å². The first-order valence-corrected chi connectivity index (χ1v) is 6.61. The fourth-order valence-corrected chi connectivity index (χ4v) is 2.30. The zero-order valence-corrected chi connectivity index (χ0v) is 10.9. The minimum atomic E-state index is -0.604. The van der Waals surface area contributed by atoms with E-state index in [2.05, 4.69) is 17.5 Å². The Balaban J connectivity index is 1.85. The molecule has 19 heavy (non-hydrogen) atoms. The average molecular weight is 262 g/mol. The molecular formula is C15H19FN2O. The molecule has 1 aromatic carbocycles. The van der Waals surface area contributed by atoms with Gasteiger partial charge in [-0.15, -0.1) is 0 Å². The second kappa shape index (κ2) is 6.48. The quantitative estimate of drug-likeness (QED) is 0.800. The second-order valence-electron chi connectivity index (χ2n) is 4.95. The highest BCUT2D eigenvalue weighted by molar-refractivity contribution is 5.92. The maximum atomic E-state index is 13.7. The summed E-state index contributed by atoms with van der Waals surface area (Å²) in [6.07, 6.45) is 7.83. The van der Waals surface area contributed by atoms with Gasteiger partial charge in [0.2, 0.25) is 5.91 Å². The normalized spacial score (nSPS) is 18.5. The summed E-state index contributed by atoms with van der Waals surface area (Å²) in [7, 11) is 0. The first-order chi connectivity index (χ1) is 9.16. The summed E-state index contributed by atoms with van der Waals surface area (Å²) in [6, 6.07) is 4.37. The summed E-state index contributed by atoms with van der Waals surface area (Å²) in [5, 5.41) is 3.27. The molecule has 102 valence electrons. The molecule has 0 bridgehead atoms. The SMILES string of the molecule is NC(=O)c1ccc(CNCC2CC=CCC2)c(F)c1. The van der Waals surface area contributed by atoms with E-state index < -0.39 is 5.91 Å². The van der Waals surface area contributed by atoms with Crippen LogP contribution in [0.15, 0.2) is 30.4 Å². The van der Waals surface area contributed by atoms with Crippen molar-refractivity contribution < 1.29 is 9.18 Å². The van der Waals surface area contributed by atoms with Crippen molar-refractivity contribution in [3.63, 3.8) is 0 Å². The molecule has 1 amide bonds. The van der Waals surface area contributed by atoms with Crippen LogP contribution in [-0.2, 0) is 6.54 Å². The van der Waals surface area contributed by atoms with Crippen LogP contribution in [0.5, 0.6) is 0 Å². The molecule has 0 spiro atoms. The van der Waals surface area contributed by atoms with Gasteiger partial charge >= 0.3 is 0 Å². The zero-order valence-electron chi connectivity index (χ0n) is 10.9. The number of amides is 1. The van der Waals surface area contributed by atoms with E-state index in [1.807, 2.05) is 0 Å². The molecule has 0 saturated carbocycles. The topological polar surface area (TPSA) is 55.1 Å². The van der Waals surface area contributed by atoms with Crippen molar-refractivity contribution in [2.45, 2.75) is 25.8 Å². The fraction of sp³-hybridized carbons (Fsp3) is 0.400. The van der Waals surface area contributed by atoms with Crippen molar-refractivity contribution >= 4 is 5.91 Å². The largest absolute Gasteiger partial charge is 0.366 e. The Hall–Kier alpha value is -1.68. The predicted molar refractivity (Wildman–Crippen MR) is 73.1 cm³/mol. The Bertz CT molecular complexity index is 485. The van der Waals surface area contributed by atoms with E-state index in [0.29, 0.717) is 18.0 Å². The lowest BCUT2D eigenvalue weighted by Crippen LogP contribution is -2.23. The number of halogens is 1. The number of primary amides is 1. The molecule has 1 atom stereocenters. The number of hydrogen-bond donors (Lipinski definition) is 2. The lowest BCUT2D eigenvalue weighted by molar-refractivity contribution is 0.1000. The van der Waals surface area contributed by atoms with E-state index in [-0.39, 0.29) is 11.4 Å². The van der Waals surface area contributed by atoms with Crippen molar-refractivity contribution in [2.75, 3.05) is 6.54 Å². The van der Waals surface area contributed by atoms with Gasteiger partial charge in [-0.1, -0.05) is 18.2 Å². The maximum absolute atomic E-state index is 13.7. The van der Waals surface area contributed by atoms with E-state index >= 15 is 0 Å². The molecule has 3 nitrogen and oxygen atoms in total. The van der Waals surface area contributed by atoms with Gasteiger partial charge in [0.1, 0.15) is 5.82 Å². The van der Waals surface area contributed by atoms with Gasteiger partial charge in [0.05, 0.1) is 0 Å². The van der Waals surface area contributed by atoms with Crippen molar-refractivity contribution in [1.29, 1.82) is 0 Å². The molecule has 1 aliphatic rings. The Morgan fingerprint density at radius 2 is 2.26 bits per heavy atom. The molecule has 1 aliphatic carbocycles. The minimum absolute atomic E-state index is 0.207. The summed E-state index contributed by atoms with van der Waals surface area (Å²) in [4.78, 5) is 10.9. The summed E-state index contributed by atoms with van der Waals surface area (Å²) in [5.41, 5.74) is 5.88. The van der Waals surface area contributed by atoms with Gasteiger partial charge in [0, 0.05) is 17.7 Å². The third-order valence-corrected chi connectivity index (χ3v) is 3.46. The molecule has 0 fully saturated rings. The van der Waals surface area contributed by atoms with Crippen LogP contribution in [0.25, 0.3) is 0 Å². The van der Waals surface area contributed by atoms with E-state index in [1.165, 1.54) is 12.5 Å². The zero-order chi connectivity index (χ0) is 13.7. The van der Waals surface area contributed by atoms with E-state index in [1.54, 1.807) is 12.1 Å². The Morgan fingerprint density at radius 3 is 2.89 bits per heavy atom. The van der Waals surface area contributed by atoms with Gasteiger partial charge in [-0.25, -0.2) is 4.39 Å². The van der Waals surface area contributed by atoms with Crippen LogP contribution in [0, 0.1) is 11.7 Å². The summed E-state index contributed by atoms with van der Waals surface area (Å²) in [6.45, 7) is 1.37. The van der Waals surface area contributed by atoms with Gasteiger partial charge in [-0.3, -0.25) is 4.79 Å². The minimum Gasteiger partial charge on any atom is -0.366 e. The van der Waals surface area contributed by atoms with Crippen molar-refractivity contribution in [3.8, 4) is 0 Å². The third-order valence-electron chi connectivity index (χ3n) is 3.46. The first-order valence-electron chi connectivity index (χ1n) is 6.61. The molecule has 1 unspecified atom stereocenters.